The first-order chi connectivity index (χ1) is 8.99. The van der Waals surface area contributed by atoms with Crippen LogP contribution in [0.15, 0.2) is 45.3 Å². The minimum atomic E-state index is 0.00917. The van der Waals surface area contributed by atoms with Crippen LogP contribution in [0.3, 0.4) is 0 Å². The van der Waals surface area contributed by atoms with E-state index in [0.29, 0.717) is 5.75 Å². The lowest BCUT2D eigenvalue weighted by Crippen LogP contribution is -2.08. The summed E-state index contributed by atoms with van der Waals surface area (Å²) < 4.78 is 1.97. The number of rotatable bonds is 3. The predicted molar refractivity (Wildman–Crippen MR) is 86.7 cm³/mol. The maximum atomic E-state index is 9.96. The number of halogens is 2. The maximum Gasteiger partial charge on any atom is 0.120 e. The van der Waals surface area contributed by atoms with Crippen LogP contribution in [-0.4, -0.2) is 5.11 Å². The van der Waals surface area contributed by atoms with E-state index >= 15 is 0 Å². The summed E-state index contributed by atoms with van der Waals surface area (Å²) in [5.74, 6) is 0.314. The molecule has 0 fully saturated rings. The molecule has 0 radical (unpaired) electrons. The molecule has 0 aliphatic rings. The zero-order valence-electron chi connectivity index (χ0n) is 10.7. The molecule has 0 bridgehead atoms. The lowest BCUT2D eigenvalue weighted by molar-refractivity contribution is 0.465. The van der Waals surface area contributed by atoms with E-state index in [1.807, 2.05) is 44.2 Å². The summed E-state index contributed by atoms with van der Waals surface area (Å²) in [5.41, 5.74) is 3.01. The van der Waals surface area contributed by atoms with E-state index in [1.54, 1.807) is 6.07 Å². The van der Waals surface area contributed by atoms with Crippen LogP contribution >= 0.6 is 31.9 Å². The highest BCUT2D eigenvalue weighted by Crippen LogP contribution is 2.35. The van der Waals surface area contributed by atoms with Gasteiger partial charge in [-0.15, -0.1) is 0 Å². The molecule has 4 heteroatoms. The van der Waals surface area contributed by atoms with E-state index in [4.69, 9.17) is 0 Å². The summed E-state index contributed by atoms with van der Waals surface area (Å²) in [7, 11) is 0. The average Bonchev–Trinajstić information content (AvgIpc) is 2.37. The van der Waals surface area contributed by atoms with Crippen LogP contribution in [-0.2, 0) is 0 Å². The van der Waals surface area contributed by atoms with E-state index in [9.17, 15) is 5.11 Å². The second kappa shape index (κ2) is 5.97. The number of anilines is 1. The van der Waals surface area contributed by atoms with Gasteiger partial charge >= 0.3 is 0 Å². The molecule has 2 aromatic carbocycles. The molecule has 0 amide bonds. The third-order valence-electron chi connectivity index (χ3n) is 2.97. The van der Waals surface area contributed by atoms with Crippen molar-refractivity contribution in [1.82, 2.24) is 0 Å². The van der Waals surface area contributed by atoms with Crippen molar-refractivity contribution in [3.05, 3.63) is 56.5 Å². The highest BCUT2D eigenvalue weighted by molar-refractivity contribution is 9.11. The molecule has 0 aliphatic carbocycles. The number of aromatic hydroxyl groups is 1. The standard InChI is InChI=1S/C15H15Br2NO/c1-9-6-7-14(19)11(8-9)10(2)18-15-12(16)4-3-5-13(15)17/h3-8,10,18-19H,1-2H3. The zero-order chi connectivity index (χ0) is 14.0. The van der Waals surface area contributed by atoms with Crippen molar-refractivity contribution < 1.29 is 5.11 Å². The smallest absolute Gasteiger partial charge is 0.120 e. The van der Waals surface area contributed by atoms with Gasteiger partial charge in [-0.05, 0) is 63.9 Å². The van der Waals surface area contributed by atoms with E-state index in [1.165, 1.54) is 0 Å². The number of nitrogens with one attached hydrogen (secondary N) is 1. The highest BCUT2D eigenvalue weighted by atomic mass is 79.9. The van der Waals surface area contributed by atoms with Gasteiger partial charge in [-0.2, -0.15) is 0 Å². The minimum Gasteiger partial charge on any atom is -0.508 e. The second-order valence-corrected chi connectivity index (χ2v) is 6.23. The van der Waals surface area contributed by atoms with Crippen LogP contribution < -0.4 is 5.32 Å². The van der Waals surface area contributed by atoms with Crippen LogP contribution in [0.4, 0.5) is 5.69 Å². The molecule has 19 heavy (non-hydrogen) atoms. The number of benzene rings is 2. The van der Waals surface area contributed by atoms with Crippen molar-refractivity contribution in [1.29, 1.82) is 0 Å². The van der Waals surface area contributed by atoms with Gasteiger partial charge in [0.15, 0.2) is 0 Å². The molecule has 2 nitrogen and oxygen atoms in total. The first-order valence-corrected chi connectivity index (χ1v) is 7.57. The Kier molecular flexibility index (Phi) is 4.53. The predicted octanol–water partition coefficient (Wildman–Crippen LogP) is 5.40. The van der Waals surface area contributed by atoms with Crippen LogP contribution in [0, 0.1) is 6.92 Å². The van der Waals surface area contributed by atoms with Gasteiger partial charge in [0.25, 0.3) is 0 Å². The van der Waals surface area contributed by atoms with Crippen LogP contribution in [0.1, 0.15) is 24.1 Å². The lowest BCUT2D eigenvalue weighted by atomic mass is 10.0. The third kappa shape index (κ3) is 3.31. The third-order valence-corrected chi connectivity index (χ3v) is 4.29. The van der Waals surface area contributed by atoms with Crippen molar-refractivity contribution in [2.75, 3.05) is 5.32 Å². The zero-order valence-corrected chi connectivity index (χ0v) is 13.9. The number of aryl methyl sites for hydroxylation is 1. The van der Waals surface area contributed by atoms with Gasteiger partial charge in [0.2, 0.25) is 0 Å². The molecular weight excluding hydrogens is 370 g/mol. The Balaban J connectivity index is 2.31. The Morgan fingerprint density at radius 2 is 1.74 bits per heavy atom. The minimum absolute atomic E-state index is 0.00917. The maximum absolute atomic E-state index is 9.96. The molecule has 2 aromatic rings. The van der Waals surface area contributed by atoms with Gasteiger partial charge in [-0.1, -0.05) is 23.8 Å². The van der Waals surface area contributed by atoms with Gasteiger partial charge in [-0.25, -0.2) is 0 Å². The molecule has 2 N–H and O–H groups in total. The van der Waals surface area contributed by atoms with E-state index in [0.717, 1.165) is 25.8 Å². The topological polar surface area (TPSA) is 32.3 Å². The van der Waals surface area contributed by atoms with Gasteiger partial charge in [0.05, 0.1) is 11.7 Å². The monoisotopic (exact) mass is 383 g/mol. The number of para-hydroxylation sites is 1. The van der Waals surface area contributed by atoms with Gasteiger partial charge in [0.1, 0.15) is 5.75 Å². The fourth-order valence-electron chi connectivity index (χ4n) is 1.95. The number of phenols is 1. The largest absolute Gasteiger partial charge is 0.508 e. The van der Waals surface area contributed by atoms with Crippen molar-refractivity contribution in [2.24, 2.45) is 0 Å². The number of hydrogen-bond acceptors (Lipinski definition) is 2. The molecule has 0 saturated carbocycles. The normalized spacial score (nSPS) is 12.2. The molecule has 0 saturated heterocycles. The molecule has 100 valence electrons. The van der Waals surface area contributed by atoms with Crippen molar-refractivity contribution >= 4 is 37.5 Å². The van der Waals surface area contributed by atoms with Crippen LogP contribution in [0.5, 0.6) is 5.75 Å². The van der Waals surface area contributed by atoms with E-state index in [2.05, 4.69) is 37.2 Å². The fraction of sp³-hybridized carbons (Fsp3) is 0.200. The van der Waals surface area contributed by atoms with Gasteiger partial charge in [0, 0.05) is 14.5 Å². The molecule has 0 aliphatic heterocycles. The SMILES string of the molecule is Cc1ccc(O)c(C(C)Nc2c(Br)cccc2Br)c1. The van der Waals surface area contributed by atoms with E-state index in [-0.39, 0.29) is 6.04 Å². The summed E-state index contributed by atoms with van der Waals surface area (Å²) in [5, 5.41) is 13.4. The van der Waals surface area contributed by atoms with Gasteiger partial charge in [-0.3, -0.25) is 0 Å². The fourth-order valence-corrected chi connectivity index (χ4v) is 3.18. The van der Waals surface area contributed by atoms with Crippen molar-refractivity contribution in [3.8, 4) is 5.75 Å². The summed E-state index contributed by atoms with van der Waals surface area (Å²) in [4.78, 5) is 0. The Labute approximate surface area is 130 Å². The van der Waals surface area contributed by atoms with Crippen molar-refractivity contribution in [3.63, 3.8) is 0 Å². The first-order valence-electron chi connectivity index (χ1n) is 5.99. The van der Waals surface area contributed by atoms with E-state index < -0.39 is 0 Å². The summed E-state index contributed by atoms with van der Waals surface area (Å²) in [6.07, 6.45) is 0. The van der Waals surface area contributed by atoms with Gasteiger partial charge < -0.3 is 10.4 Å². The molecule has 0 aromatic heterocycles. The molecule has 0 spiro atoms. The Morgan fingerprint density at radius 1 is 1.11 bits per heavy atom. The highest BCUT2D eigenvalue weighted by Gasteiger charge is 2.13. The first kappa shape index (κ1) is 14.4. The molecule has 2 rings (SSSR count). The molecule has 0 heterocycles. The summed E-state index contributed by atoms with van der Waals surface area (Å²) in [6, 6.07) is 11.6. The quantitative estimate of drug-likeness (QED) is 0.742. The Morgan fingerprint density at radius 3 is 2.37 bits per heavy atom. The number of hydrogen-bond donors (Lipinski definition) is 2. The summed E-state index contributed by atoms with van der Waals surface area (Å²) >= 11 is 7.05. The average molecular weight is 385 g/mol. The van der Waals surface area contributed by atoms with Crippen molar-refractivity contribution in [2.45, 2.75) is 19.9 Å². The molecule has 1 unspecified atom stereocenters. The Hall–Kier alpha value is -1.00. The molecular formula is C15H15Br2NO. The Bertz CT molecular complexity index is 578. The summed E-state index contributed by atoms with van der Waals surface area (Å²) in [6.45, 7) is 4.05. The lowest BCUT2D eigenvalue weighted by Gasteiger charge is -2.19. The second-order valence-electron chi connectivity index (χ2n) is 4.52. The molecule has 1 atom stereocenters. The number of phenolic OH excluding ortho intramolecular Hbond substituents is 1. The van der Waals surface area contributed by atoms with Crippen LogP contribution in [0.2, 0.25) is 0 Å². The van der Waals surface area contributed by atoms with Crippen LogP contribution in [0.25, 0.3) is 0 Å².